The van der Waals surface area contributed by atoms with Gasteiger partial charge in [-0.3, -0.25) is 4.79 Å². The first-order valence-electron chi connectivity index (χ1n) is 21.7. The third-order valence-corrected chi connectivity index (χ3v) is 9.28. The lowest BCUT2D eigenvalue weighted by Gasteiger charge is -2.39. The molecule has 0 radical (unpaired) electrons. The van der Waals surface area contributed by atoms with Gasteiger partial charge < -0.3 is 39.4 Å². The van der Waals surface area contributed by atoms with Crippen LogP contribution in [0.25, 0.3) is 0 Å². The zero-order chi connectivity index (χ0) is 40.7. The van der Waals surface area contributed by atoms with Gasteiger partial charge in [0.15, 0.2) is 6.29 Å². The third kappa shape index (κ3) is 28.7. The molecule has 1 aliphatic rings. The van der Waals surface area contributed by atoms with E-state index in [1.165, 1.54) is 6.42 Å². The smallest absolute Gasteiger partial charge is 0.306 e. The number of rotatable bonds is 35. The van der Waals surface area contributed by atoms with Crippen molar-refractivity contribution in [3.05, 3.63) is 85.1 Å². The Balaban J connectivity index is 2.31. The van der Waals surface area contributed by atoms with E-state index < -0.39 is 43.4 Å². The van der Waals surface area contributed by atoms with Crippen molar-refractivity contribution < 1.29 is 44.2 Å². The number of carbonyl (C=O) groups excluding carboxylic acids is 1. The van der Waals surface area contributed by atoms with Crippen molar-refractivity contribution in [1.29, 1.82) is 0 Å². The van der Waals surface area contributed by atoms with E-state index in [1.54, 1.807) is 0 Å². The Morgan fingerprint density at radius 2 is 1.09 bits per heavy atom. The second-order valence-electron chi connectivity index (χ2n) is 14.4. The second kappa shape index (κ2) is 37.9. The Labute approximate surface area is 339 Å². The largest absolute Gasteiger partial charge is 0.457 e. The van der Waals surface area contributed by atoms with Gasteiger partial charge in [-0.05, 0) is 83.5 Å². The topological polar surface area (TPSA) is 135 Å². The highest BCUT2D eigenvalue weighted by atomic mass is 16.7. The van der Waals surface area contributed by atoms with Gasteiger partial charge >= 0.3 is 5.97 Å². The summed E-state index contributed by atoms with van der Waals surface area (Å²) in [7, 11) is 0. The summed E-state index contributed by atoms with van der Waals surface area (Å²) in [5.74, 6) is -0.342. The highest BCUT2D eigenvalue weighted by molar-refractivity contribution is 5.69. The zero-order valence-corrected chi connectivity index (χ0v) is 34.8. The first kappa shape index (κ1) is 51.4. The quantitative estimate of drug-likeness (QED) is 0.0282. The molecular formula is C47H78O9. The van der Waals surface area contributed by atoms with Crippen LogP contribution in [0.15, 0.2) is 85.1 Å². The van der Waals surface area contributed by atoms with Gasteiger partial charge in [-0.1, -0.05) is 137 Å². The molecule has 1 aliphatic heterocycles. The molecule has 1 heterocycles. The van der Waals surface area contributed by atoms with Crippen molar-refractivity contribution >= 4 is 5.97 Å². The van der Waals surface area contributed by atoms with E-state index in [0.717, 1.165) is 116 Å². The highest BCUT2D eigenvalue weighted by Gasteiger charge is 2.44. The molecule has 0 aromatic heterocycles. The molecule has 0 saturated carbocycles. The van der Waals surface area contributed by atoms with Gasteiger partial charge in [0.05, 0.1) is 19.8 Å². The van der Waals surface area contributed by atoms with Gasteiger partial charge in [-0.15, -0.1) is 0 Å². The lowest BCUT2D eigenvalue weighted by atomic mass is 9.99. The molecule has 0 spiro atoms. The van der Waals surface area contributed by atoms with Crippen molar-refractivity contribution in [1.82, 2.24) is 0 Å². The summed E-state index contributed by atoms with van der Waals surface area (Å²) in [6.45, 7) is 4.27. The molecule has 9 nitrogen and oxygen atoms in total. The minimum absolute atomic E-state index is 0.116. The van der Waals surface area contributed by atoms with Crippen LogP contribution < -0.4 is 0 Å². The fourth-order valence-corrected chi connectivity index (χ4v) is 5.91. The minimum atomic E-state index is -1.55. The van der Waals surface area contributed by atoms with Crippen LogP contribution >= 0.6 is 0 Å². The van der Waals surface area contributed by atoms with Crippen LogP contribution in [0.5, 0.6) is 0 Å². The van der Waals surface area contributed by atoms with Gasteiger partial charge in [-0.25, -0.2) is 0 Å². The third-order valence-electron chi connectivity index (χ3n) is 9.28. The summed E-state index contributed by atoms with van der Waals surface area (Å²) in [5.41, 5.74) is 0. The van der Waals surface area contributed by atoms with E-state index in [1.807, 2.05) is 0 Å². The molecule has 0 bridgehead atoms. The lowest BCUT2D eigenvalue weighted by molar-refractivity contribution is -0.305. The van der Waals surface area contributed by atoms with Crippen molar-refractivity contribution in [2.45, 2.75) is 179 Å². The van der Waals surface area contributed by atoms with Crippen LogP contribution in [0.3, 0.4) is 0 Å². The molecule has 9 heteroatoms. The summed E-state index contributed by atoms with van der Waals surface area (Å²) in [6, 6.07) is 0. The number of unbranched alkanes of at least 4 members (excludes halogenated alkanes) is 10. The molecule has 56 heavy (non-hydrogen) atoms. The molecule has 6 unspecified atom stereocenters. The molecule has 0 aromatic rings. The maximum atomic E-state index is 12.7. The van der Waals surface area contributed by atoms with Gasteiger partial charge in [0.1, 0.15) is 30.5 Å². The molecule has 1 fully saturated rings. The Kier molecular flexibility index (Phi) is 34.8. The minimum Gasteiger partial charge on any atom is -0.457 e. The predicted molar refractivity (Wildman–Crippen MR) is 228 cm³/mol. The first-order valence-corrected chi connectivity index (χ1v) is 21.7. The highest BCUT2D eigenvalue weighted by Crippen LogP contribution is 2.22. The number of hydrogen-bond acceptors (Lipinski definition) is 9. The average Bonchev–Trinajstić information content (AvgIpc) is 3.20. The summed E-state index contributed by atoms with van der Waals surface area (Å²) in [4.78, 5) is 12.7. The maximum Gasteiger partial charge on any atom is 0.306 e. The summed E-state index contributed by atoms with van der Waals surface area (Å²) >= 11 is 0. The van der Waals surface area contributed by atoms with Crippen molar-refractivity contribution in [2.24, 2.45) is 0 Å². The monoisotopic (exact) mass is 787 g/mol. The molecule has 4 N–H and O–H groups in total. The second-order valence-corrected chi connectivity index (χ2v) is 14.4. The zero-order valence-electron chi connectivity index (χ0n) is 34.8. The number of aliphatic hydroxyl groups is 4. The number of carbonyl (C=O) groups is 1. The molecule has 0 amide bonds. The van der Waals surface area contributed by atoms with Gasteiger partial charge in [0.25, 0.3) is 0 Å². The number of hydrogen-bond donors (Lipinski definition) is 4. The first-order chi connectivity index (χ1) is 27.4. The van der Waals surface area contributed by atoms with Crippen molar-refractivity contribution in [2.75, 3.05) is 26.4 Å². The van der Waals surface area contributed by atoms with E-state index >= 15 is 0 Å². The summed E-state index contributed by atoms with van der Waals surface area (Å²) < 4.78 is 22.7. The van der Waals surface area contributed by atoms with Crippen molar-refractivity contribution in [3.63, 3.8) is 0 Å². The number of esters is 1. The lowest BCUT2D eigenvalue weighted by Crippen LogP contribution is -2.59. The molecule has 1 rings (SSSR count). The van der Waals surface area contributed by atoms with Crippen LogP contribution in [-0.4, -0.2) is 89.6 Å². The van der Waals surface area contributed by atoms with E-state index in [2.05, 4.69) is 98.9 Å². The Morgan fingerprint density at radius 1 is 0.589 bits per heavy atom. The van der Waals surface area contributed by atoms with E-state index in [4.69, 9.17) is 18.9 Å². The summed E-state index contributed by atoms with van der Waals surface area (Å²) in [6.07, 6.45) is 43.2. The van der Waals surface area contributed by atoms with Crippen LogP contribution in [0.1, 0.15) is 142 Å². The molecule has 320 valence electrons. The molecular weight excluding hydrogens is 709 g/mol. The average molecular weight is 787 g/mol. The standard InChI is InChI=1S/C47H78O9/c1-3-5-7-9-11-13-15-17-18-19-20-21-22-23-25-27-29-31-33-35-37-53-39-41(40-54-47-46(52)45(51)44(50)42(38-48)56-47)55-43(49)36-34-32-30-28-26-24-16-14-12-10-8-6-4-2/h5,7-8,10-11,13-14,16-18,20-21,23,25,41-42,44-48,50-52H,3-4,6,9,12,15,19,22,24,26-40H2,1-2H3/b7-5-,10-8-,13-11-,16-14-,18-17-,21-20-,25-23-. The van der Waals surface area contributed by atoms with E-state index in [-0.39, 0.29) is 19.2 Å². The van der Waals surface area contributed by atoms with Crippen LogP contribution in [-0.2, 0) is 23.7 Å². The van der Waals surface area contributed by atoms with Gasteiger partial charge in [0.2, 0.25) is 0 Å². The van der Waals surface area contributed by atoms with Crippen LogP contribution in [0.4, 0.5) is 0 Å². The fourth-order valence-electron chi connectivity index (χ4n) is 5.91. The van der Waals surface area contributed by atoms with Gasteiger partial charge in [-0.2, -0.15) is 0 Å². The number of allylic oxidation sites excluding steroid dienone is 14. The Bertz CT molecular complexity index is 1120. The molecule has 6 atom stereocenters. The van der Waals surface area contributed by atoms with E-state index in [0.29, 0.717) is 13.0 Å². The van der Waals surface area contributed by atoms with E-state index in [9.17, 15) is 25.2 Å². The Morgan fingerprint density at radius 3 is 1.64 bits per heavy atom. The normalized spacial score (nSPS) is 21.4. The van der Waals surface area contributed by atoms with Crippen molar-refractivity contribution in [3.8, 4) is 0 Å². The molecule has 1 saturated heterocycles. The maximum absolute atomic E-state index is 12.7. The van der Waals surface area contributed by atoms with Gasteiger partial charge in [0, 0.05) is 13.0 Å². The molecule has 0 aromatic carbocycles. The van der Waals surface area contributed by atoms with Crippen LogP contribution in [0, 0.1) is 0 Å². The Hall–Kier alpha value is -2.63. The SMILES string of the molecule is CC/C=C\C/C=C\C/C=C\C/C=C\C/C=C\CCCCCCOCC(COC1OC(CO)C(O)C(O)C1O)OC(=O)CCCCCCC/C=C\C/C=C\CCC. The van der Waals surface area contributed by atoms with Crippen LogP contribution in [0.2, 0.25) is 0 Å². The molecule has 0 aliphatic carbocycles. The summed E-state index contributed by atoms with van der Waals surface area (Å²) in [5, 5.41) is 40.1. The predicted octanol–water partition coefficient (Wildman–Crippen LogP) is 9.47. The fraction of sp³-hybridized carbons (Fsp3) is 0.681. The number of ether oxygens (including phenoxy) is 4. The number of aliphatic hydroxyl groups excluding tert-OH is 4.